The standard InChI is InChI=1S/C17H16BrN3OS/c1-11(2)15-8-3-12(9-19)17(21-15)23-10-16(22)20-14-6-4-13(18)5-7-14/h3-8,11H,10H2,1-2H3,(H,20,22). The average Bonchev–Trinajstić information content (AvgIpc) is 2.54. The van der Waals surface area contributed by atoms with Gasteiger partial charge < -0.3 is 5.32 Å². The zero-order valence-corrected chi connectivity index (χ0v) is 15.2. The SMILES string of the molecule is CC(C)c1ccc(C#N)c(SCC(=O)Nc2ccc(Br)cc2)n1. The van der Waals surface area contributed by atoms with Crippen molar-refractivity contribution in [3.8, 4) is 6.07 Å². The molecule has 1 N–H and O–H groups in total. The largest absolute Gasteiger partial charge is 0.325 e. The van der Waals surface area contributed by atoms with E-state index in [0.29, 0.717) is 10.6 Å². The van der Waals surface area contributed by atoms with E-state index in [9.17, 15) is 4.79 Å². The fourth-order valence-electron chi connectivity index (χ4n) is 1.84. The smallest absolute Gasteiger partial charge is 0.234 e. The summed E-state index contributed by atoms with van der Waals surface area (Å²) in [6.45, 7) is 4.09. The molecule has 1 aromatic carbocycles. The monoisotopic (exact) mass is 389 g/mol. The van der Waals surface area contributed by atoms with Crippen LogP contribution in [-0.2, 0) is 4.79 Å². The second-order valence-corrected chi connectivity index (χ2v) is 7.08. The maximum absolute atomic E-state index is 12.0. The number of carbonyl (C=O) groups is 1. The summed E-state index contributed by atoms with van der Waals surface area (Å²) in [5.74, 6) is 0.357. The molecule has 0 radical (unpaired) electrons. The molecule has 1 heterocycles. The van der Waals surface area contributed by atoms with Gasteiger partial charge in [0.25, 0.3) is 0 Å². The number of nitriles is 1. The summed E-state index contributed by atoms with van der Waals surface area (Å²) >= 11 is 4.63. The third kappa shape index (κ3) is 5.08. The van der Waals surface area contributed by atoms with Crippen molar-refractivity contribution in [2.45, 2.75) is 24.8 Å². The number of rotatable bonds is 5. The molecule has 0 saturated carbocycles. The van der Waals surface area contributed by atoms with E-state index < -0.39 is 0 Å². The van der Waals surface area contributed by atoms with E-state index in [-0.39, 0.29) is 17.6 Å². The maximum atomic E-state index is 12.0. The first-order valence-corrected chi connectivity index (χ1v) is 8.86. The Morgan fingerprint density at radius 1 is 1.30 bits per heavy atom. The number of carbonyl (C=O) groups excluding carboxylic acids is 1. The second kappa shape index (κ2) is 8.14. The highest BCUT2D eigenvalue weighted by Gasteiger charge is 2.11. The van der Waals surface area contributed by atoms with Crippen LogP contribution in [0.1, 0.15) is 31.0 Å². The minimum Gasteiger partial charge on any atom is -0.325 e. The number of halogens is 1. The van der Waals surface area contributed by atoms with Crippen LogP contribution >= 0.6 is 27.7 Å². The molecule has 6 heteroatoms. The highest BCUT2D eigenvalue weighted by atomic mass is 79.9. The molecule has 0 unspecified atom stereocenters. The lowest BCUT2D eigenvalue weighted by atomic mass is 10.1. The highest BCUT2D eigenvalue weighted by molar-refractivity contribution is 9.10. The number of pyridine rings is 1. The summed E-state index contributed by atoms with van der Waals surface area (Å²) < 4.78 is 0.957. The van der Waals surface area contributed by atoms with Gasteiger partial charge in [0.05, 0.1) is 11.3 Å². The summed E-state index contributed by atoms with van der Waals surface area (Å²) in [6, 6.07) is 13.1. The van der Waals surface area contributed by atoms with Gasteiger partial charge in [0, 0.05) is 15.9 Å². The normalized spacial score (nSPS) is 10.4. The van der Waals surface area contributed by atoms with Gasteiger partial charge in [-0.25, -0.2) is 4.98 Å². The van der Waals surface area contributed by atoms with E-state index in [1.807, 2.05) is 44.2 Å². The lowest BCUT2D eigenvalue weighted by Gasteiger charge is -2.09. The number of nitrogens with one attached hydrogen (secondary N) is 1. The van der Waals surface area contributed by atoms with Crippen molar-refractivity contribution >= 4 is 39.3 Å². The fraction of sp³-hybridized carbons (Fsp3) is 0.235. The number of nitrogens with zero attached hydrogens (tertiary/aromatic N) is 2. The van der Waals surface area contributed by atoms with E-state index >= 15 is 0 Å². The Morgan fingerprint density at radius 2 is 2.00 bits per heavy atom. The molecule has 2 aromatic rings. The van der Waals surface area contributed by atoms with E-state index in [2.05, 4.69) is 32.3 Å². The van der Waals surface area contributed by atoms with Gasteiger partial charge in [-0.05, 0) is 42.3 Å². The molecule has 0 bridgehead atoms. The number of anilines is 1. The number of hydrogen-bond donors (Lipinski definition) is 1. The van der Waals surface area contributed by atoms with Crippen LogP contribution in [0.4, 0.5) is 5.69 Å². The number of aromatic nitrogens is 1. The molecular weight excluding hydrogens is 374 g/mol. The molecule has 0 fully saturated rings. The molecule has 0 aliphatic heterocycles. The highest BCUT2D eigenvalue weighted by Crippen LogP contribution is 2.23. The van der Waals surface area contributed by atoms with Crippen LogP contribution in [0.5, 0.6) is 0 Å². The van der Waals surface area contributed by atoms with Gasteiger partial charge in [-0.1, -0.05) is 41.5 Å². The minimum atomic E-state index is -0.127. The maximum Gasteiger partial charge on any atom is 0.234 e. The van der Waals surface area contributed by atoms with Gasteiger partial charge in [-0.2, -0.15) is 5.26 Å². The fourth-order valence-corrected chi connectivity index (χ4v) is 2.88. The molecule has 1 amide bonds. The van der Waals surface area contributed by atoms with Crippen LogP contribution in [0.3, 0.4) is 0 Å². The predicted octanol–water partition coefficient (Wildman–Crippen LogP) is 4.57. The number of benzene rings is 1. The average molecular weight is 390 g/mol. The lowest BCUT2D eigenvalue weighted by molar-refractivity contribution is -0.113. The van der Waals surface area contributed by atoms with Crippen LogP contribution in [0, 0.1) is 11.3 Å². The first-order chi connectivity index (χ1) is 11.0. The van der Waals surface area contributed by atoms with Crippen molar-refractivity contribution in [3.05, 3.63) is 52.1 Å². The molecule has 0 saturated heterocycles. The Balaban J connectivity index is 2.02. The Labute approximate surface area is 148 Å². The first kappa shape index (κ1) is 17.5. The second-order valence-electron chi connectivity index (χ2n) is 5.20. The minimum absolute atomic E-state index is 0.127. The molecule has 0 atom stereocenters. The summed E-state index contributed by atoms with van der Waals surface area (Å²) in [4.78, 5) is 16.5. The third-order valence-corrected chi connectivity index (χ3v) is 4.58. The zero-order chi connectivity index (χ0) is 16.8. The molecule has 0 aliphatic carbocycles. The summed E-state index contributed by atoms with van der Waals surface area (Å²) in [7, 11) is 0. The van der Waals surface area contributed by atoms with Crippen LogP contribution < -0.4 is 5.32 Å². The van der Waals surface area contributed by atoms with Crippen LogP contribution in [-0.4, -0.2) is 16.6 Å². The van der Waals surface area contributed by atoms with Crippen molar-refractivity contribution in [3.63, 3.8) is 0 Å². The van der Waals surface area contributed by atoms with E-state index in [0.717, 1.165) is 15.9 Å². The molecule has 0 spiro atoms. The molecule has 1 aromatic heterocycles. The molecule has 4 nitrogen and oxygen atoms in total. The van der Waals surface area contributed by atoms with Gasteiger partial charge >= 0.3 is 0 Å². The van der Waals surface area contributed by atoms with Gasteiger partial charge in [0.1, 0.15) is 11.1 Å². The van der Waals surface area contributed by atoms with Gasteiger partial charge in [-0.15, -0.1) is 0 Å². The Bertz CT molecular complexity index is 738. The number of hydrogen-bond acceptors (Lipinski definition) is 4. The van der Waals surface area contributed by atoms with Gasteiger partial charge in [0.2, 0.25) is 5.91 Å². The predicted molar refractivity (Wildman–Crippen MR) is 96.5 cm³/mol. The topological polar surface area (TPSA) is 65.8 Å². The number of thioether (sulfide) groups is 1. The Hall–Kier alpha value is -1.84. The van der Waals surface area contributed by atoms with Crippen LogP contribution in [0.15, 0.2) is 45.9 Å². The first-order valence-electron chi connectivity index (χ1n) is 7.09. The molecule has 118 valence electrons. The Kier molecular flexibility index (Phi) is 6.20. The number of amides is 1. The van der Waals surface area contributed by atoms with Gasteiger partial charge in [0.15, 0.2) is 0 Å². The summed E-state index contributed by atoms with van der Waals surface area (Å²) in [5, 5.41) is 12.6. The van der Waals surface area contributed by atoms with Gasteiger partial charge in [-0.3, -0.25) is 4.79 Å². The molecule has 23 heavy (non-hydrogen) atoms. The van der Waals surface area contributed by atoms with Crippen molar-refractivity contribution in [2.24, 2.45) is 0 Å². The molecule has 0 aliphatic rings. The van der Waals surface area contributed by atoms with Crippen molar-refractivity contribution in [1.82, 2.24) is 4.98 Å². The Morgan fingerprint density at radius 3 is 2.61 bits per heavy atom. The van der Waals surface area contributed by atoms with E-state index in [1.54, 1.807) is 6.07 Å². The molecule has 2 rings (SSSR count). The van der Waals surface area contributed by atoms with Crippen molar-refractivity contribution in [1.29, 1.82) is 5.26 Å². The molecular formula is C17H16BrN3OS. The van der Waals surface area contributed by atoms with Crippen molar-refractivity contribution < 1.29 is 4.79 Å². The van der Waals surface area contributed by atoms with E-state index in [4.69, 9.17) is 5.26 Å². The van der Waals surface area contributed by atoms with E-state index in [1.165, 1.54) is 11.8 Å². The quantitative estimate of drug-likeness (QED) is 0.760. The lowest BCUT2D eigenvalue weighted by Crippen LogP contribution is -2.14. The van der Waals surface area contributed by atoms with Crippen LogP contribution in [0.2, 0.25) is 0 Å². The van der Waals surface area contributed by atoms with Crippen molar-refractivity contribution in [2.75, 3.05) is 11.1 Å². The van der Waals surface area contributed by atoms with Crippen LogP contribution in [0.25, 0.3) is 0 Å². The summed E-state index contributed by atoms with van der Waals surface area (Å²) in [6.07, 6.45) is 0. The zero-order valence-electron chi connectivity index (χ0n) is 12.8. The third-order valence-electron chi connectivity index (χ3n) is 3.06. The summed E-state index contributed by atoms with van der Waals surface area (Å²) in [5.41, 5.74) is 2.15.